The molecule has 0 radical (unpaired) electrons. The summed E-state index contributed by atoms with van der Waals surface area (Å²) in [6.45, 7) is 12.7. The van der Waals surface area contributed by atoms with E-state index in [1.165, 1.54) is 102 Å². The van der Waals surface area contributed by atoms with Crippen molar-refractivity contribution in [3.8, 4) is 41.2 Å². The van der Waals surface area contributed by atoms with Crippen LogP contribution in [0.25, 0.3) is 11.0 Å². The van der Waals surface area contributed by atoms with Gasteiger partial charge in [0.05, 0.1) is 39.7 Å². The average Bonchev–Trinajstić information content (AvgIpc) is 1.57. The van der Waals surface area contributed by atoms with Crippen LogP contribution in [0.15, 0.2) is 91.5 Å². The van der Waals surface area contributed by atoms with Crippen molar-refractivity contribution in [3.05, 3.63) is 130 Å². The monoisotopic (exact) mass is 1410 g/mol. The summed E-state index contributed by atoms with van der Waals surface area (Å²) in [6, 6.07) is 28.7. The fourth-order valence-electron chi connectivity index (χ4n) is 13.9. The van der Waals surface area contributed by atoms with Crippen LogP contribution in [-0.2, 0) is 50.4 Å². The highest BCUT2D eigenvalue weighted by molar-refractivity contribution is 7.49. The van der Waals surface area contributed by atoms with E-state index in [0.29, 0.717) is 57.0 Å². The number of nitrogens with zero attached hydrogens (tertiary/aromatic N) is 9. The maximum absolute atomic E-state index is 16.1. The lowest BCUT2D eigenvalue weighted by Crippen LogP contribution is -2.44. The molecule has 0 saturated carbocycles. The number of nitriles is 3. The maximum atomic E-state index is 16.1. The minimum Gasteiger partial charge on any atom is -0.489 e. The summed E-state index contributed by atoms with van der Waals surface area (Å²) in [4.78, 5) is 8.28. The van der Waals surface area contributed by atoms with Gasteiger partial charge in [0.1, 0.15) is 96.1 Å². The van der Waals surface area contributed by atoms with Gasteiger partial charge in [-0.25, -0.2) is 23.6 Å². The number of nitrogens with two attached hydrogens (primary N) is 2. The first-order valence-corrected chi connectivity index (χ1v) is 36.9. The van der Waals surface area contributed by atoms with E-state index in [2.05, 4.69) is 45.3 Å². The van der Waals surface area contributed by atoms with Crippen molar-refractivity contribution >= 4 is 53.7 Å². The Bertz CT molecular complexity index is 3940. The van der Waals surface area contributed by atoms with Crippen molar-refractivity contribution in [2.75, 3.05) is 18.1 Å². The fourth-order valence-corrected chi connectivity index (χ4v) is 15.8. The van der Waals surface area contributed by atoms with E-state index in [9.17, 15) is 15.8 Å². The largest absolute Gasteiger partial charge is 0.587 e. The van der Waals surface area contributed by atoms with E-state index in [0.717, 1.165) is 32.1 Å². The van der Waals surface area contributed by atoms with Crippen LogP contribution in [0.2, 0.25) is 10.0 Å². The van der Waals surface area contributed by atoms with Gasteiger partial charge >= 0.3 is 7.82 Å². The molecule has 0 bridgehead atoms. The van der Waals surface area contributed by atoms with E-state index in [1.54, 1.807) is 103 Å². The highest BCUT2D eigenvalue weighted by atomic mass is 35.5. The predicted molar refractivity (Wildman–Crippen MR) is 372 cm³/mol. The van der Waals surface area contributed by atoms with Crippen molar-refractivity contribution in [2.45, 2.75) is 248 Å². The number of nitrogen functional groups attached to an aromatic ring is 2. The maximum Gasteiger partial charge on any atom is 0.587 e. The number of rotatable bonds is 35. The van der Waals surface area contributed by atoms with Crippen molar-refractivity contribution in [1.29, 1.82) is 15.8 Å². The summed E-state index contributed by atoms with van der Waals surface area (Å²) < 4.78 is 91.2. The van der Waals surface area contributed by atoms with Crippen molar-refractivity contribution in [2.24, 2.45) is 0 Å². The van der Waals surface area contributed by atoms with Crippen molar-refractivity contribution in [3.63, 3.8) is 0 Å². The van der Waals surface area contributed by atoms with Crippen LogP contribution in [0.3, 0.4) is 0 Å². The summed E-state index contributed by atoms with van der Waals surface area (Å²) in [5.41, 5.74) is 12.2. The topological polar surface area (TPSA) is 302 Å². The van der Waals surface area contributed by atoms with Gasteiger partial charge in [-0.15, -0.1) is 0 Å². The Hall–Kier alpha value is -7.30. The minimum absolute atomic E-state index is 0.0496. The van der Waals surface area contributed by atoms with Crippen LogP contribution in [0.5, 0.6) is 23.0 Å². The van der Waals surface area contributed by atoms with Gasteiger partial charge in [0, 0.05) is 18.9 Å². The first-order valence-electron chi connectivity index (χ1n) is 34.7. The fraction of sp³-hybridized carbons (Fsp3) is 0.548. The van der Waals surface area contributed by atoms with Crippen LogP contribution in [-0.4, -0.2) is 95.2 Å². The molecule has 4 fully saturated rings. The van der Waals surface area contributed by atoms with E-state index < -0.39 is 73.3 Å². The number of benzene rings is 3. The third kappa shape index (κ3) is 16.7. The van der Waals surface area contributed by atoms with Gasteiger partial charge < -0.3 is 58.4 Å². The predicted octanol–water partition coefficient (Wildman–Crippen LogP) is 16.2. The standard InChI is InChI=1S/C73H90Cl2N11O12P/c1-8-9-10-11-12-13-14-15-16-17-18-19-20-21-22-23-24-29-52(90-51-33-32-50(41-76)59(38-51)89-47(2)3)42-88-99(87,97-57-30-25-27-48(60(57)74)39-72(43-77)66-64(91-70(4,5)95-66)62(93-72)53-34-36-55-68(79)81-45-83-85(53)55)98-58-31-26-28-49(61(58)75)40-73(44-78)67-65(92-71(6,7)96-67)63(94-73)54-35-37-56-69(80)82-46-84-86(54)56/h25-28,30-38,45-47,52,62-67H,8-24,29,39-40,42H2,1-7H3,(H2,79,81,83)(H2,80,82,84)/t52-,62+,63+,64?,65?,66?,67?,72-,73-,99?/m1/s1. The highest BCUT2D eigenvalue weighted by Gasteiger charge is 2.66. The number of hydrogen-bond acceptors (Lipinski definition) is 21. The number of hydrogen-bond donors (Lipinski definition) is 2. The molecule has 7 aromatic rings. The first-order chi connectivity index (χ1) is 47.6. The van der Waals surface area contributed by atoms with Crippen LogP contribution < -0.4 is 30.0 Å². The number of halogens is 2. The Morgan fingerprint density at radius 2 is 1.04 bits per heavy atom. The molecule has 9 atom stereocenters. The van der Waals surface area contributed by atoms with Gasteiger partial charge in [0.25, 0.3) is 0 Å². The summed E-state index contributed by atoms with van der Waals surface area (Å²) in [6.07, 6.45) is 17.1. The lowest BCUT2D eigenvalue weighted by Gasteiger charge is -2.30. The zero-order valence-electron chi connectivity index (χ0n) is 57.4. The zero-order chi connectivity index (χ0) is 70.1. The summed E-state index contributed by atoms with van der Waals surface area (Å²) in [5, 5.41) is 41.4. The lowest BCUT2D eigenvalue weighted by molar-refractivity contribution is -0.200. The average molecular weight is 1420 g/mol. The molecule has 4 N–H and O–H groups in total. The number of unbranched alkanes of at least 4 members (excludes halogenated alkanes) is 16. The quantitative estimate of drug-likeness (QED) is 0.0275. The van der Waals surface area contributed by atoms with E-state index in [-0.39, 0.29) is 58.7 Å². The summed E-state index contributed by atoms with van der Waals surface area (Å²) in [7, 11) is -5.01. The molecule has 23 nitrogen and oxygen atoms in total. The number of phosphoric acid groups is 1. The Balaban J connectivity index is 0.867. The molecule has 11 rings (SSSR count). The Labute approximate surface area is 589 Å². The Morgan fingerprint density at radius 3 is 1.47 bits per heavy atom. The molecule has 4 aromatic heterocycles. The molecule has 4 aliphatic rings. The molecule has 528 valence electrons. The molecular formula is C73H90Cl2N11O12P. The first kappa shape index (κ1) is 72.9. The van der Waals surface area contributed by atoms with Crippen LogP contribution in [0, 0.1) is 34.0 Å². The van der Waals surface area contributed by atoms with Crippen LogP contribution >= 0.6 is 31.0 Å². The molecule has 0 aliphatic carbocycles. The second-order valence-electron chi connectivity index (χ2n) is 27.4. The van der Waals surface area contributed by atoms with Crippen LogP contribution in [0.4, 0.5) is 11.6 Å². The molecule has 0 amide bonds. The Kier molecular flexibility index (Phi) is 23.4. The molecule has 4 unspecified atom stereocenters. The van der Waals surface area contributed by atoms with Gasteiger partial charge in [-0.05, 0) is 114 Å². The third-order valence-electron chi connectivity index (χ3n) is 18.6. The van der Waals surface area contributed by atoms with Gasteiger partial charge in [-0.3, -0.25) is 4.52 Å². The normalized spacial score (nSPS) is 23.7. The van der Waals surface area contributed by atoms with Gasteiger partial charge in [-0.2, -0.15) is 26.0 Å². The van der Waals surface area contributed by atoms with Gasteiger partial charge in [0.15, 0.2) is 45.9 Å². The number of phosphoric ester groups is 1. The molecule has 4 aliphatic heterocycles. The summed E-state index contributed by atoms with van der Waals surface area (Å²) in [5.74, 6) is -1.32. The number of anilines is 2. The second-order valence-corrected chi connectivity index (χ2v) is 29.7. The summed E-state index contributed by atoms with van der Waals surface area (Å²) >= 11 is 14.8. The minimum atomic E-state index is -5.01. The second kappa shape index (κ2) is 31.7. The van der Waals surface area contributed by atoms with E-state index in [1.807, 2.05) is 13.8 Å². The zero-order valence-corrected chi connectivity index (χ0v) is 59.8. The van der Waals surface area contributed by atoms with Gasteiger partial charge in [-0.1, -0.05) is 157 Å². The highest BCUT2D eigenvalue weighted by Crippen LogP contribution is 2.57. The third-order valence-corrected chi connectivity index (χ3v) is 20.8. The lowest BCUT2D eigenvalue weighted by atomic mass is 9.88. The Morgan fingerprint density at radius 1 is 0.586 bits per heavy atom. The smallest absolute Gasteiger partial charge is 0.489 e. The van der Waals surface area contributed by atoms with Crippen LogP contribution in [0.1, 0.15) is 204 Å². The van der Waals surface area contributed by atoms with E-state index >= 15 is 4.57 Å². The molecule has 26 heteroatoms. The van der Waals surface area contributed by atoms with Crippen molar-refractivity contribution < 1.29 is 56.0 Å². The van der Waals surface area contributed by atoms with E-state index in [4.69, 9.17) is 86.1 Å². The molecule has 99 heavy (non-hydrogen) atoms. The number of fused-ring (bicyclic) bond motifs is 4. The van der Waals surface area contributed by atoms with Gasteiger partial charge in [0.2, 0.25) is 0 Å². The SMILES string of the molecule is CCCCCCCCCCCCCCCCCCC[C@H](COP(=O)(Oc1cccc(C[C@]2(C#N)O[C@@H](c3ccc4c(N)ncnn34)C3OC(C)(C)OC32)c1Cl)Oc1cccc(C[C@]2(C#N)O[C@@H](c3ccc4c(N)ncnn34)C3OC(C)(C)OC32)c1Cl)Oc1ccc(C#N)c(OC(C)C)c1. The molecular weight excluding hydrogens is 1320 g/mol. The molecule has 8 heterocycles. The molecule has 3 aromatic carbocycles. The molecule has 4 saturated heterocycles. The number of ether oxygens (including phenoxy) is 8. The van der Waals surface area contributed by atoms with Crippen molar-refractivity contribution in [1.82, 2.24) is 29.2 Å². The molecule has 0 spiro atoms. The number of aromatic nitrogens is 6.